The van der Waals surface area contributed by atoms with Crippen LogP contribution in [0.15, 0.2) is 54.7 Å². The highest BCUT2D eigenvalue weighted by atomic mass is 35.5. The summed E-state index contributed by atoms with van der Waals surface area (Å²) in [6.45, 7) is 0.346. The van der Waals surface area contributed by atoms with Gasteiger partial charge in [-0.25, -0.2) is 4.79 Å². The van der Waals surface area contributed by atoms with Gasteiger partial charge < -0.3 is 32.9 Å². The molecule has 0 saturated carbocycles. The number of aliphatic carboxylic acids is 1. The molecule has 0 aliphatic heterocycles. The van der Waals surface area contributed by atoms with Crippen molar-refractivity contribution in [1.82, 2.24) is 10.3 Å². The van der Waals surface area contributed by atoms with Crippen molar-refractivity contribution in [2.75, 3.05) is 0 Å². The molecule has 0 amide bonds. The van der Waals surface area contributed by atoms with E-state index in [0.29, 0.717) is 13.0 Å². The molecular formula is C19H18ClN2O4-. The molecule has 0 saturated heterocycles. The summed E-state index contributed by atoms with van der Waals surface area (Å²) in [4.78, 5) is 25.6. The largest absolute Gasteiger partial charge is 1.00 e. The Morgan fingerprint density at radius 2 is 1.73 bits per heavy atom. The number of para-hydroxylation sites is 1. The average molecular weight is 374 g/mol. The number of aromatic carboxylic acids is 1. The molecule has 0 aliphatic carbocycles. The fourth-order valence-corrected chi connectivity index (χ4v) is 2.77. The monoisotopic (exact) mass is 373 g/mol. The highest BCUT2D eigenvalue weighted by Gasteiger charge is 2.19. The van der Waals surface area contributed by atoms with Gasteiger partial charge in [0.1, 0.15) is 6.04 Å². The summed E-state index contributed by atoms with van der Waals surface area (Å²) in [5.41, 5.74) is 2.95. The van der Waals surface area contributed by atoms with Crippen molar-refractivity contribution in [2.24, 2.45) is 0 Å². The van der Waals surface area contributed by atoms with Gasteiger partial charge >= 0.3 is 11.9 Å². The molecule has 1 aromatic heterocycles. The fraction of sp³-hybridized carbons (Fsp3) is 0.158. The second-order valence-electron chi connectivity index (χ2n) is 5.84. The van der Waals surface area contributed by atoms with E-state index in [1.807, 2.05) is 30.5 Å². The number of halogens is 1. The molecule has 0 fully saturated rings. The Balaban J connectivity index is 0.00000243. The maximum atomic E-state index is 11.6. The quantitative estimate of drug-likeness (QED) is 0.453. The second kappa shape index (κ2) is 8.51. The van der Waals surface area contributed by atoms with Crippen LogP contribution in [0.3, 0.4) is 0 Å². The highest BCUT2D eigenvalue weighted by molar-refractivity contribution is 5.87. The maximum Gasteiger partial charge on any atom is 0.335 e. The minimum atomic E-state index is -0.984. The van der Waals surface area contributed by atoms with Crippen molar-refractivity contribution < 1.29 is 32.2 Å². The van der Waals surface area contributed by atoms with Crippen LogP contribution in [0.25, 0.3) is 10.9 Å². The van der Waals surface area contributed by atoms with Crippen molar-refractivity contribution in [3.8, 4) is 0 Å². The molecule has 3 aromatic rings. The van der Waals surface area contributed by atoms with Crippen LogP contribution in [0.2, 0.25) is 0 Å². The average Bonchev–Trinajstić information content (AvgIpc) is 3.01. The van der Waals surface area contributed by atoms with E-state index in [9.17, 15) is 14.7 Å². The Bertz CT molecular complexity index is 905. The van der Waals surface area contributed by atoms with Crippen LogP contribution in [0, 0.1) is 0 Å². The number of nitrogens with one attached hydrogen (secondary N) is 2. The zero-order valence-electron chi connectivity index (χ0n) is 13.8. The predicted octanol–water partition coefficient (Wildman–Crippen LogP) is -0.344. The molecule has 7 heteroatoms. The van der Waals surface area contributed by atoms with E-state index in [4.69, 9.17) is 5.11 Å². The molecule has 0 spiro atoms. The number of fused-ring (bicyclic) bond motifs is 1. The Morgan fingerprint density at radius 1 is 1.04 bits per heavy atom. The van der Waals surface area contributed by atoms with E-state index in [2.05, 4.69) is 10.3 Å². The molecule has 4 N–H and O–H groups in total. The van der Waals surface area contributed by atoms with Crippen LogP contribution in [0.4, 0.5) is 0 Å². The smallest absolute Gasteiger partial charge is 0.335 e. The van der Waals surface area contributed by atoms with Gasteiger partial charge in [-0.2, -0.15) is 0 Å². The number of aromatic amines is 1. The van der Waals surface area contributed by atoms with Crippen molar-refractivity contribution >= 4 is 22.8 Å². The summed E-state index contributed by atoms with van der Waals surface area (Å²) in [5.74, 6) is -1.91. The maximum absolute atomic E-state index is 11.6. The van der Waals surface area contributed by atoms with Gasteiger partial charge in [0.15, 0.2) is 0 Å². The van der Waals surface area contributed by atoms with Crippen LogP contribution in [0.1, 0.15) is 21.5 Å². The third kappa shape index (κ3) is 4.41. The summed E-state index contributed by atoms with van der Waals surface area (Å²) >= 11 is 0. The first kappa shape index (κ1) is 19.5. The molecule has 0 radical (unpaired) electrons. The van der Waals surface area contributed by atoms with Crippen LogP contribution >= 0.6 is 0 Å². The van der Waals surface area contributed by atoms with E-state index in [-0.39, 0.29) is 18.0 Å². The lowest BCUT2D eigenvalue weighted by molar-refractivity contribution is -0.139. The normalized spacial score (nSPS) is 11.7. The third-order valence-electron chi connectivity index (χ3n) is 4.15. The van der Waals surface area contributed by atoms with Crippen molar-refractivity contribution in [3.63, 3.8) is 0 Å². The lowest BCUT2D eigenvalue weighted by Crippen LogP contribution is -3.00. The molecule has 1 unspecified atom stereocenters. The molecule has 2 aromatic carbocycles. The van der Waals surface area contributed by atoms with Crippen molar-refractivity contribution in [3.05, 3.63) is 71.4 Å². The zero-order chi connectivity index (χ0) is 17.8. The van der Waals surface area contributed by atoms with E-state index in [1.165, 1.54) is 12.1 Å². The summed E-state index contributed by atoms with van der Waals surface area (Å²) in [7, 11) is 0. The predicted molar refractivity (Wildman–Crippen MR) is 93.7 cm³/mol. The fourth-order valence-electron chi connectivity index (χ4n) is 2.77. The Hall–Kier alpha value is -2.83. The molecule has 3 rings (SSSR count). The highest BCUT2D eigenvalue weighted by Crippen LogP contribution is 2.19. The number of carboxylic acid groups (broad SMARTS) is 2. The minimum absolute atomic E-state index is 0. The van der Waals surface area contributed by atoms with E-state index < -0.39 is 18.0 Å². The first-order valence-corrected chi connectivity index (χ1v) is 7.88. The van der Waals surface area contributed by atoms with E-state index >= 15 is 0 Å². The molecule has 6 nitrogen and oxygen atoms in total. The zero-order valence-corrected chi connectivity index (χ0v) is 14.5. The standard InChI is InChI=1S/C19H18N2O4.ClH/c22-18(23)13-7-5-12(6-8-13)10-20-17(19(24)25)9-14-11-21-16-4-2-1-3-15(14)16;/h1-8,11,17,20-21H,9-10H2,(H,22,23)(H,24,25);1H/p-1. The third-order valence-corrected chi connectivity index (χ3v) is 4.15. The molecule has 0 aliphatic rings. The number of aromatic nitrogens is 1. The van der Waals surface area contributed by atoms with Crippen molar-refractivity contribution in [1.29, 1.82) is 0 Å². The topological polar surface area (TPSA) is 102 Å². The van der Waals surface area contributed by atoms with Crippen molar-refractivity contribution in [2.45, 2.75) is 19.0 Å². The minimum Gasteiger partial charge on any atom is -1.00 e. The molecule has 26 heavy (non-hydrogen) atoms. The number of carboxylic acids is 2. The number of rotatable bonds is 7. The SMILES string of the molecule is O=C(O)c1ccc(CNC(Cc2c[nH]c3ccccc23)C(=O)O)cc1.[Cl-]. The summed E-state index contributed by atoms with van der Waals surface area (Å²) in [6, 6.07) is 13.4. The molecule has 0 bridgehead atoms. The Labute approximate surface area is 156 Å². The summed E-state index contributed by atoms with van der Waals surface area (Å²) < 4.78 is 0. The summed E-state index contributed by atoms with van der Waals surface area (Å²) in [6.07, 6.45) is 2.19. The summed E-state index contributed by atoms with van der Waals surface area (Å²) in [5, 5.41) is 22.4. The van der Waals surface area contributed by atoms with Gasteiger partial charge in [-0.15, -0.1) is 0 Å². The number of hydrogen-bond donors (Lipinski definition) is 4. The number of benzene rings is 2. The van der Waals surface area contributed by atoms with Gasteiger partial charge in [0.05, 0.1) is 5.56 Å². The van der Waals surface area contributed by atoms with Crippen LogP contribution < -0.4 is 17.7 Å². The van der Waals surface area contributed by atoms with Gasteiger partial charge in [0, 0.05) is 30.1 Å². The second-order valence-corrected chi connectivity index (χ2v) is 5.84. The molecule has 1 atom stereocenters. The van der Waals surface area contributed by atoms with Crippen LogP contribution in [-0.4, -0.2) is 33.2 Å². The molecular weight excluding hydrogens is 356 g/mol. The number of carbonyl (C=O) groups is 2. The van der Waals surface area contributed by atoms with Gasteiger partial charge in [-0.3, -0.25) is 4.79 Å². The van der Waals surface area contributed by atoms with Crippen LogP contribution in [-0.2, 0) is 17.8 Å². The number of hydrogen-bond acceptors (Lipinski definition) is 3. The van der Waals surface area contributed by atoms with Gasteiger partial charge in [-0.1, -0.05) is 30.3 Å². The first-order valence-electron chi connectivity index (χ1n) is 7.88. The number of H-pyrrole nitrogens is 1. The van der Waals surface area contributed by atoms with Gasteiger partial charge in [0.2, 0.25) is 0 Å². The van der Waals surface area contributed by atoms with Gasteiger partial charge in [-0.05, 0) is 29.3 Å². The lowest BCUT2D eigenvalue weighted by Gasteiger charge is -2.14. The first-order chi connectivity index (χ1) is 12.0. The Morgan fingerprint density at radius 3 is 2.38 bits per heavy atom. The lowest BCUT2D eigenvalue weighted by atomic mass is 10.0. The molecule has 1 heterocycles. The Kier molecular flexibility index (Phi) is 6.38. The van der Waals surface area contributed by atoms with E-state index in [0.717, 1.165) is 22.0 Å². The molecule has 136 valence electrons. The van der Waals surface area contributed by atoms with Gasteiger partial charge in [0.25, 0.3) is 0 Å². The van der Waals surface area contributed by atoms with E-state index in [1.54, 1.807) is 12.1 Å². The van der Waals surface area contributed by atoms with Crippen LogP contribution in [0.5, 0.6) is 0 Å².